The normalized spacial score (nSPS) is 11.6. The predicted molar refractivity (Wildman–Crippen MR) is 48.3 cm³/mol. The Morgan fingerprint density at radius 1 is 1.67 bits per heavy atom. The van der Waals surface area contributed by atoms with Crippen LogP contribution in [0.5, 0.6) is 0 Å². The van der Waals surface area contributed by atoms with Gasteiger partial charge in [0.05, 0.1) is 17.5 Å². The monoisotopic (exact) mass is 165 g/mol. The molecule has 1 atom stereocenters. The fourth-order valence-electron chi connectivity index (χ4n) is 0.931. The first-order valence-electron chi connectivity index (χ1n) is 3.75. The number of hydrogen-bond acceptors (Lipinski definition) is 3. The first-order valence-corrected chi connectivity index (χ1v) is 3.75. The van der Waals surface area contributed by atoms with Crippen LogP contribution in [0.2, 0.25) is 0 Å². The van der Waals surface area contributed by atoms with Gasteiger partial charge >= 0.3 is 0 Å². The van der Waals surface area contributed by atoms with Crippen LogP contribution in [0.1, 0.15) is 12.6 Å². The zero-order valence-corrected chi connectivity index (χ0v) is 7.12. The van der Waals surface area contributed by atoms with Gasteiger partial charge < -0.3 is 10.8 Å². The molecule has 0 saturated heterocycles. The van der Waals surface area contributed by atoms with Gasteiger partial charge in [0.1, 0.15) is 0 Å². The summed E-state index contributed by atoms with van der Waals surface area (Å²) in [6.07, 6.45) is 2.01. The maximum absolute atomic E-state index is 9.36. The van der Waals surface area contributed by atoms with E-state index < -0.39 is 5.60 Å². The van der Waals surface area contributed by atoms with E-state index >= 15 is 0 Å². The molecule has 3 N–H and O–H groups in total. The average molecular weight is 165 g/mol. The van der Waals surface area contributed by atoms with Crippen LogP contribution in [0.4, 0.5) is 5.69 Å². The van der Waals surface area contributed by atoms with Crippen molar-refractivity contribution in [1.82, 2.24) is 4.98 Å². The Balaban J connectivity index is 2.71. The predicted octanol–water partition coefficient (Wildman–Crippen LogP) is 0.791. The molecule has 1 radical (unpaired) electrons. The van der Waals surface area contributed by atoms with E-state index in [-0.39, 0.29) is 0 Å². The van der Waals surface area contributed by atoms with Crippen molar-refractivity contribution in [3.8, 4) is 0 Å². The number of pyridine rings is 1. The van der Waals surface area contributed by atoms with Gasteiger partial charge in [-0.3, -0.25) is 4.98 Å². The second kappa shape index (κ2) is 3.11. The molecule has 1 aromatic rings. The summed E-state index contributed by atoms with van der Waals surface area (Å²) in [5.41, 5.74) is 5.92. The minimum atomic E-state index is -0.955. The molecule has 0 aromatic carbocycles. The first kappa shape index (κ1) is 9.00. The molecule has 1 heterocycles. The van der Waals surface area contributed by atoms with E-state index in [1.165, 1.54) is 0 Å². The fourth-order valence-corrected chi connectivity index (χ4v) is 0.931. The zero-order valence-electron chi connectivity index (χ0n) is 7.12. The van der Waals surface area contributed by atoms with Crippen LogP contribution in [-0.4, -0.2) is 15.7 Å². The van der Waals surface area contributed by atoms with Crippen LogP contribution in [0.3, 0.4) is 0 Å². The average Bonchev–Trinajstić information content (AvgIpc) is 1.91. The van der Waals surface area contributed by atoms with Gasteiger partial charge in [-0.15, -0.1) is 0 Å². The van der Waals surface area contributed by atoms with Crippen molar-refractivity contribution < 1.29 is 5.11 Å². The number of anilines is 1. The Hall–Kier alpha value is -1.09. The lowest BCUT2D eigenvalue weighted by Gasteiger charge is -2.15. The second-order valence-electron chi connectivity index (χ2n) is 3.26. The van der Waals surface area contributed by atoms with Crippen LogP contribution < -0.4 is 5.73 Å². The summed E-state index contributed by atoms with van der Waals surface area (Å²) in [5.74, 6) is 0. The summed E-state index contributed by atoms with van der Waals surface area (Å²) in [4.78, 5) is 4.04. The highest BCUT2D eigenvalue weighted by Crippen LogP contribution is 2.10. The third-order valence-electron chi connectivity index (χ3n) is 1.41. The molecule has 0 fully saturated rings. The number of rotatable bonds is 2. The molecule has 12 heavy (non-hydrogen) atoms. The van der Waals surface area contributed by atoms with Crippen molar-refractivity contribution in [2.45, 2.75) is 18.9 Å². The smallest absolute Gasteiger partial charge is 0.0676 e. The van der Waals surface area contributed by atoms with Crippen molar-refractivity contribution in [3.63, 3.8) is 0 Å². The maximum atomic E-state index is 9.36. The van der Waals surface area contributed by atoms with Crippen molar-refractivity contribution in [2.24, 2.45) is 0 Å². The van der Waals surface area contributed by atoms with Crippen LogP contribution >= 0.6 is 0 Å². The van der Waals surface area contributed by atoms with Gasteiger partial charge in [-0.2, -0.15) is 0 Å². The molecular formula is C9H13N2O. The maximum Gasteiger partial charge on any atom is 0.0676 e. The van der Waals surface area contributed by atoms with Gasteiger partial charge in [0.15, 0.2) is 0 Å². The number of aromatic nitrogens is 1. The Bertz CT molecular complexity index is 248. The van der Waals surface area contributed by atoms with E-state index in [0.29, 0.717) is 12.1 Å². The van der Waals surface area contributed by atoms with Crippen molar-refractivity contribution in [2.75, 3.05) is 5.73 Å². The zero-order chi connectivity index (χ0) is 9.19. The standard InChI is InChI=1S/C9H13N2O/c1-9(2,12)5-8-4-3-7(10)6-11-8/h3-4,6,12H,1,5,10H2,2H3. The Morgan fingerprint density at radius 2 is 2.33 bits per heavy atom. The van der Waals surface area contributed by atoms with Gasteiger partial charge in [0.25, 0.3) is 0 Å². The van der Waals surface area contributed by atoms with E-state index in [9.17, 15) is 5.11 Å². The van der Waals surface area contributed by atoms with Gasteiger partial charge in [0.2, 0.25) is 0 Å². The molecule has 0 spiro atoms. The minimum absolute atomic E-state index is 0.438. The van der Waals surface area contributed by atoms with E-state index in [0.717, 1.165) is 5.69 Å². The second-order valence-corrected chi connectivity index (χ2v) is 3.26. The van der Waals surface area contributed by atoms with Crippen molar-refractivity contribution >= 4 is 5.69 Å². The van der Waals surface area contributed by atoms with Gasteiger partial charge in [0, 0.05) is 12.1 Å². The Labute approximate surface area is 72.2 Å². The lowest BCUT2D eigenvalue weighted by molar-refractivity contribution is 0.108. The molecule has 0 aliphatic rings. The molecular weight excluding hydrogens is 152 g/mol. The first-order chi connectivity index (χ1) is 5.47. The molecule has 3 nitrogen and oxygen atoms in total. The molecule has 1 aromatic heterocycles. The van der Waals surface area contributed by atoms with Crippen LogP contribution in [0.15, 0.2) is 18.3 Å². The number of nitrogens with zero attached hydrogens (tertiary/aromatic N) is 1. The summed E-state index contributed by atoms with van der Waals surface area (Å²) in [7, 11) is 0. The van der Waals surface area contributed by atoms with Crippen molar-refractivity contribution in [1.29, 1.82) is 0 Å². The number of nitrogen functional groups attached to an aromatic ring is 1. The molecule has 0 amide bonds. The molecule has 0 saturated carbocycles. The van der Waals surface area contributed by atoms with Crippen molar-refractivity contribution in [3.05, 3.63) is 30.9 Å². The molecule has 3 heteroatoms. The lowest BCUT2D eigenvalue weighted by Crippen LogP contribution is -2.22. The molecule has 0 aliphatic carbocycles. The van der Waals surface area contributed by atoms with E-state index in [2.05, 4.69) is 11.9 Å². The summed E-state index contributed by atoms with van der Waals surface area (Å²) < 4.78 is 0. The van der Waals surface area contributed by atoms with E-state index in [1.807, 2.05) is 0 Å². The molecule has 1 unspecified atom stereocenters. The molecule has 65 valence electrons. The lowest BCUT2D eigenvalue weighted by atomic mass is 10.0. The highest BCUT2D eigenvalue weighted by molar-refractivity contribution is 5.34. The number of nitrogens with two attached hydrogens (primary N) is 1. The van der Waals surface area contributed by atoms with Crippen LogP contribution in [-0.2, 0) is 6.42 Å². The third kappa shape index (κ3) is 2.88. The van der Waals surface area contributed by atoms with Gasteiger partial charge in [-0.05, 0) is 26.0 Å². The molecule has 0 aliphatic heterocycles. The fraction of sp³-hybridized carbons (Fsp3) is 0.333. The minimum Gasteiger partial charge on any atom is -0.397 e. The Kier molecular flexibility index (Phi) is 2.33. The largest absolute Gasteiger partial charge is 0.397 e. The van der Waals surface area contributed by atoms with Crippen LogP contribution in [0.25, 0.3) is 0 Å². The topological polar surface area (TPSA) is 59.1 Å². The van der Waals surface area contributed by atoms with E-state index in [4.69, 9.17) is 5.73 Å². The third-order valence-corrected chi connectivity index (χ3v) is 1.41. The number of hydrogen-bond donors (Lipinski definition) is 2. The SMILES string of the molecule is [CH2]C(C)(O)Cc1ccc(N)cn1. The highest BCUT2D eigenvalue weighted by atomic mass is 16.3. The van der Waals surface area contributed by atoms with E-state index in [1.54, 1.807) is 25.3 Å². The molecule has 0 bridgehead atoms. The highest BCUT2D eigenvalue weighted by Gasteiger charge is 2.13. The quantitative estimate of drug-likeness (QED) is 0.681. The van der Waals surface area contributed by atoms with Crippen LogP contribution in [0, 0.1) is 6.92 Å². The molecule has 1 rings (SSSR count). The summed E-state index contributed by atoms with van der Waals surface area (Å²) >= 11 is 0. The summed E-state index contributed by atoms with van der Waals surface area (Å²) in [6.45, 7) is 5.22. The number of aliphatic hydroxyl groups is 1. The summed E-state index contributed by atoms with van der Waals surface area (Å²) in [5, 5.41) is 9.36. The van der Waals surface area contributed by atoms with Gasteiger partial charge in [-0.25, -0.2) is 0 Å². The Morgan fingerprint density at radius 3 is 2.75 bits per heavy atom. The van der Waals surface area contributed by atoms with Gasteiger partial charge in [-0.1, -0.05) is 0 Å². The summed E-state index contributed by atoms with van der Waals surface area (Å²) in [6, 6.07) is 3.54.